The number of hydrogen-bond donors (Lipinski definition) is 1. The summed E-state index contributed by atoms with van der Waals surface area (Å²) in [4.78, 5) is 39.8. The van der Waals surface area contributed by atoms with Gasteiger partial charge < -0.3 is 10.2 Å². The summed E-state index contributed by atoms with van der Waals surface area (Å²) in [5.41, 5.74) is 0.734. The Hall–Kier alpha value is -2.62. The molecule has 0 radical (unpaired) electrons. The lowest BCUT2D eigenvalue weighted by Gasteiger charge is -2.30. The molecule has 2 aromatic carbocycles. The molecular weight excluding hydrogens is 513 g/mol. The smallest absolute Gasteiger partial charge is 0.269 e. The molecule has 1 heterocycles. The van der Waals surface area contributed by atoms with Crippen LogP contribution in [0, 0.1) is 0 Å². The first-order valence-corrected chi connectivity index (χ1v) is 13.3. The monoisotopic (exact) mass is 539 g/mol. The molecule has 1 aliphatic rings. The predicted molar refractivity (Wildman–Crippen MR) is 134 cm³/mol. The number of amides is 3. The SMILES string of the molecule is CC(C)NC(=O)[C@H](C)N(Cc1ccc(Cl)cc1Cl)C(=O)CCCN1C(=O)c2ccccc2S1(=O)=O. The van der Waals surface area contributed by atoms with Crippen molar-refractivity contribution in [2.75, 3.05) is 6.54 Å². The van der Waals surface area contributed by atoms with Gasteiger partial charge in [0.15, 0.2) is 0 Å². The summed E-state index contributed by atoms with van der Waals surface area (Å²) < 4.78 is 26.3. The van der Waals surface area contributed by atoms with Crippen molar-refractivity contribution in [3.8, 4) is 0 Å². The summed E-state index contributed by atoms with van der Waals surface area (Å²) in [6.45, 7) is 5.17. The second-order valence-corrected chi connectivity index (χ2v) is 11.3. The van der Waals surface area contributed by atoms with Crippen LogP contribution in [0.2, 0.25) is 10.0 Å². The fourth-order valence-corrected chi connectivity index (χ4v) is 5.87. The molecule has 1 aliphatic heterocycles. The van der Waals surface area contributed by atoms with E-state index in [1.54, 1.807) is 37.3 Å². The Labute approximate surface area is 215 Å². The van der Waals surface area contributed by atoms with E-state index in [2.05, 4.69) is 5.32 Å². The highest BCUT2D eigenvalue weighted by molar-refractivity contribution is 7.90. The highest BCUT2D eigenvalue weighted by Gasteiger charge is 2.40. The molecule has 11 heteroatoms. The number of sulfonamides is 1. The predicted octanol–water partition coefficient (Wildman–Crippen LogP) is 3.86. The highest BCUT2D eigenvalue weighted by atomic mass is 35.5. The maximum atomic E-state index is 13.2. The zero-order valence-corrected chi connectivity index (χ0v) is 22.0. The number of hydrogen-bond acceptors (Lipinski definition) is 5. The first kappa shape index (κ1) is 27.0. The number of benzene rings is 2. The van der Waals surface area contributed by atoms with E-state index in [1.807, 2.05) is 13.8 Å². The molecule has 2 aromatic rings. The van der Waals surface area contributed by atoms with E-state index in [-0.39, 0.29) is 54.2 Å². The van der Waals surface area contributed by atoms with E-state index < -0.39 is 22.0 Å². The van der Waals surface area contributed by atoms with Gasteiger partial charge in [0.25, 0.3) is 15.9 Å². The Morgan fingerprint density at radius 2 is 1.77 bits per heavy atom. The summed E-state index contributed by atoms with van der Waals surface area (Å²) in [7, 11) is -3.95. The molecule has 8 nitrogen and oxygen atoms in total. The lowest BCUT2D eigenvalue weighted by atomic mass is 10.1. The quantitative estimate of drug-likeness (QED) is 0.520. The van der Waals surface area contributed by atoms with Crippen molar-refractivity contribution in [2.45, 2.75) is 57.1 Å². The summed E-state index contributed by atoms with van der Waals surface area (Å²) in [5.74, 6) is -1.31. The second-order valence-electron chi connectivity index (χ2n) is 8.58. The van der Waals surface area contributed by atoms with Gasteiger partial charge in [-0.3, -0.25) is 14.4 Å². The molecule has 0 bridgehead atoms. The number of nitrogens with one attached hydrogen (secondary N) is 1. The van der Waals surface area contributed by atoms with Crippen LogP contribution in [0.1, 0.15) is 49.5 Å². The van der Waals surface area contributed by atoms with Crippen LogP contribution in [-0.2, 0) is 26.2 Å². The van der Waals surface area contributed by atoms with Gasteiger partial charge in [-0.05, 0) is 57.0 Å². The topological polar surface area (TPSA) is 104 Å². The number of carbonyl (C=O) groups excluding carboxylic acids is 3. The van der Waals surface area contributed by atoms with Crippen LogP contribution < -0.4 is 5.32 Å². The van der Waals surface area contributed by atoms with Crippen LogP contribution in [-0.4, -0.2) is 54.0 Å². The lowest BCUT2D eigenvalue weighted by molar-refractivity contribution is -0.140. The first-order chi connectivity index (χ1) is 16.4. The molecule has 0 aromatic heterocycles. The zero-order valence-electron chi connectivity index (χ0n) is 19.6. The Kier molecular flexibility index (Phi) is 8.46. The third-order valence-corrected chi connectivity index (χ3v) is 8.05. The average molecular weight is 540 g/mol. The number of nitrogens with zero attached hydrogens (tertiary/aromatic N) is 2. The number of fused-ring (bicyclic) bond motifs is 1. The largest absolute Gasteiger partial charge is 0.352 e. The van der Waals surface area contributed by atoms with Crippen LogP contribution in [0.5, 0.6) is 0 Å². The molecule has 3 amide bonds. The van der Waals surface area contributed by atoms with Crippen LogP contribution in [0.3, 0.4) is 0 Å². The fraction of sp³-hybridized carbons (Fsp3) is 0.375. The van der Waals surface area contributed by atoms with Crippen molar-refractivity contribution in [1.82, 2.24) is 14.5 Å². The molecular formula is C24H27Cl2N3O5S. The Bertz CT molecular complexity index is 1250. The number of carbonyl (C=O) groups is 3. The minimum Gasteiger partial charge on any atom is -0.352 e. The van der Waals surface area contributed by atoms with Crippen molar-refractivity contribution >= 4 is 50.9 Å². The van der Waals surface area contributed by atoms with Crippen molar-refractivity contribution in [2.24, 2.45) is 0 Å². The Morgan fingerprint density at radius 3 is 2.40 bits per heavy atom. The highest BCUT2D eigenvalue weighted by Crippen LogP contribution is 2.30. The molecule has 0 unspecified atom stereocenters. The van der Waals surface area contributed by atoms with Crippen LogP contribution >= 0.6 is 23.2 Å². The van der Waals surface area contributed by atoms with Gasteiger partial charge in [-0.2, -0.15) is 0 Å². The van der Waals surface area contributed by atoms with E-state index in [1.165, 1.54) is 17.0 Å². The van der Waals surface area contributed by atoms with E-state index >= 15 is 0 Å². The van der Waals surface area contributed by atoms with Gasteiger partial charge >= 0.3 is 0 Å². The minimum absolute atomic E-state index is 0.0330. The number of rotatable bonds is 9. The molecule has 1 atom stereocenters. The maximum Gasteiger partial charge on any atom is 0.269 e. The third-order valence-electron chi connectivity index (χ3n) is 5.62. The average Bonchev–Trinajstić information content (AvgIpc) is 2.98. The molecule has 0 spiro atoms. The van der Waals surface area contributed by atoms with Crippen LogP contribution in [0.25, 0.3) is 0 Å². The van der Waals surface area contributed by atoms with Gasteiger partial charge in [0.05, 0.1) is 5.56 Å². The second kappa shape index (κ2) is 11.0. The van der Waals surface area contributed by atoms with Crippen molar-refractivity contribution < 1.29 is 22.8 Å². The molecule has 35 heavy (non-hydrogen) atoms. The summed E-state index contributed by atoms with van der Waals surface area (Å²) in [6.07, 6.45) is 0.0291. The molecule has 3 rings (SSSR count). The first-order valence-electron chi connectivity index (χ1n) is 11.1. The molecule has 0 fully saturated rings. The minimum atomic E-state index is -3.95. The molecule has 0 saturated heterocycles. The van der Waals surface area contributed by atoms with Crippen molar-refractivity contribution in [3.05, 3.63) is 63.6 Å². The zero-order chi connectivity index (χ0) is 25.9. The summed E-state index contributed by atoms with van der Waals surface area (Å²) in [6, 6.07) is 9.97. The van der Waals surface area contributed by atoms with Gasteiger partial charge in [0.1, 0.15) is 10.9 Å². The Balaban J connectivity index is 1.74. The van der Waals surface area contributed by atoms with E-state index in [0.29, 0.717) is 15.6 Å². The van der Waals surface area contributed by atoms with Crippen molar-refractivity contribution in [1.29, 1.82) is 0 Å². The molecule has 1 N–H and O–H groups in total. The standard InChI is InChI=1S/C24H27Cl2N3O5S/c1-15(2)27-23(31)16(3)28(14-17-10-11-18(25)13-20(17)26)22(30)9-6-12-29-24(32)19-7-4-5-8-21(19)35(29,33)34/h4-5,7-8,10-11,13,15-16H,6,9,12,14H2,1-3H3,(H,27,31)/t16-/m0/s1. The fourth-order valence-electron chi connectivity index (χ4n) is 3.79. The van der Waals surface area contributed by atoms with Gasteiger partial charge in [-0.1, -0.05) is 41.4 Å². The van der Waals surface area contributed by atoms with E-state index in [4.69, 9.17) is 23.2 Å². The Morgan fingerprint density at radius 1 is 1.09 bits per heavy atom. The summed E-state index contributed by atoms with van der Waals surface area (Å²) in [5, 5.41) is 3.60. The van der Waals surface area contributed by atoms with Gasteiger partial charge in [0, 0.05) is 35.6 Å². The van der Waals surface area contributed by atoms with Crippen LogP contribution in [0.15, 0.2) is 47.4 Å². The third kappa shape index (κ3) is 5.97. The maximum absolute atomic E-state index is 13.2. The van der Waals surface area contributed by atoms with Crippen LogP contribution in [0.4, 0.5) is 0 Å². The van der Waals surface area contributed by atoms with E-state index in [0.717, 1.165) is 4.31 Å². The summed E-state index contributed by atoms with van der Waals surface area (Å²) >= 11 is 12.3. The van der Waals surface area contributed by atoms with Gasteiger partial charge in [-0.15, -0.1) is 0 Å². The molecule has 0 aliphatic carbocycles. The molecule has 188 valence electrons. The van der Waals surface area contributed by atoms with Gasteiger partial charge in [0.2, 0.25) is 11.8 Å². The van der Waals surface area contributed by atoms with E-state index in [9.17, 15) is 22.8 Å². The van der Waals surface area contributed by atoms with Gasteiger partial charge in [-0.25, -0.2) is 12.7 Å². The normalized spacial score (nSPS) is 15.1. The molecule has 0 saturated carbocycles. The number of halogens is 2. The van der Waals surface area contributed by atoms with Crippen molar-refractivity contribution in [3.63, 3.8) is 0 Å². The lowest BCUT2D eigenvalue weighted by Crippen LogP contribution is -2.49.